The van der Waals surface area contributed by atoms with Gasteiger partial charge in [0, 0.05) is 24.2 Å². The smallest absolute Gasteiger partial charge is 0.255 e. The summed E-state index contributed by atoms with van der Waals surface area (Å²) in [6.45, 7) is 8.39. The van der Waals surface area contributed by atoms with Gasteiger partial charge >= 0.3 is 0 Å². The van der Waals surface area contributed by atoms with Gasteiger partial charge in [-0.25, -0.2) is 0 Å². The van der Waals surface area contributed by atoms with Crippen LogP contribution in [0.1, 0.15) is 36.7 Å². The number of ether oxygens (including phenoxy) is 1. The normalized spacial score (nSPS) is 10.1. The van der Waals surface area contributed by atoms with Gasteiger partial charge in [0.05, 0.1) is 18.5 Å². The lowest BCUT2D eigenvalue weighted by atomic mass is 10.1. The molecule has 0 unspecified atom stereocenters. The van der Waals surface area contributed by atoms with E-state index in [1.165, 1.54) is 5.56 Å². The van der Waals surface area contributed by atoms with E-state index in [0.717, 1.165) is 13.1 Å². The average Bonchev–Trinajstić information content (AvgIpc) is 2.61. The number of rotatable bonds is 7. The number of nitrogen functional groups attached to an aromatic ring is 1. The second kappa shape index (κ2) is 11.7. The van der Waals surface area contributed by atoms with Gasteiger partial charge in [-0.05, 0) is 50.2 Å². The fourth-order valence-electron chi connectivity index (χ4n) is 2.62. The number of halogens is 2. The number of nitrogens with two attached hydrogens (primary N) is 1. The molecule has 5 nitrogen and oxygen atoms in total. The van der Waals surface area contributed by atoms with E-state index in [0.29, 0.717) is 28.7 Å². The van der Waals surface area contributed by atoms with E-state index < -0.39 is 0 Å². The fourth-order valence-corrected chi connectivity index (χ4v) is 2.62. The first-order chi connectivity index (χ1) is 11.9. The number of methoxy groups -OCH3 is 1. The zero-order valence-corrected chi connectivity index (χ0v) is 17.8. The Labute approximate surface area is 174 Å². The second-order valence-electron chi connectivity index (χ2n) is 6.26. The van der Waals surface area contributed by atoms with Crippen molar-refractivity contribution in [1.29, 1.82) is 0 Å². The number of amides is 1. The Morgan fingerprint density at radius 2 is 1.78 bits per heavy atom. The number of anilines is 2. The second-order valence-corrected chi connectivity index (χ2v) is 6.26. The first kappa shape index (κ1) is 25.1. The Morgan fingerprint density at radius 3 is 2.30 bits per heavy atom. The van der Waals surface area contributed by atoms with Crippen LogP contribution in [0.25, 0.3) is 0 Å². The molecule has 7 heteroatoms. The fraction of sp³-hybridized carbons (Fsp3) is 0.350. The first-order valence-corrected chi connectivity index (χ1v) is 8.52. The largest absolute Gasteiger partial charge is 0.497 e. The lowest BCUT2D eigenvalue weighted by molar-refractivity contribution is 0.102. The van der Waals surface area contributed by atoms with E-state index in [4.69, 9.17) is 10.5 Å². The van der Waals surface area contributed by atoms with Crippen LogP contribution in [-0.2, 0) is 6.54 Å². The molecular weight excluding hydrogens is 385 g/mol. The Hall–Kier alpha value is -1.95. The molecule has 0 atom stereocenters. The predicted molar refractivity (Wildman–Crippen MR) is 118 cm³/mol. The molecule has 2 aromatic rings. The van der Waals surface area contributed by atoms with Gasteiger partial charge in [0.1, 0.15) is 5.75 Å². The molecule has 0 aliphatic rings. The van der Waals surface area contributed by atoms with E-state index in [1.54, 1.807) is 25.3 Å². The molecule has 0 aromatic heterocycles. The van der Waals surface area contributed by atoms with Crippen LogP contribution in [0.2, 0.25) is 0 Å². The van der Waals surface area contributed by atoms with Crippen molar-refractivity contribution in [3.8, 4) is 5.75 Å². The quantitative estimate of drug-likeness (QED) is 0.650. The minimum Gasteiger partial charge on any atom is -0.497 e. The highest BCUT2D eigenvalue weighted by Gasteiger charge is 2.11. The number of hydrogen-bond acceptors (Lipinski definition) is 4. The van der Waals surface area contributed by atoms with Crippen molar-refractivity contribution in [2.45, 2.75) is 33.4 Å². The molecule has 0 spiro atoms. The van der Waals surface area contributed by atoms with E-state index in [-0.39, 0.29) is 30.7 Å². The van der Waals surface area contributed by atoms with Gasteiger partial charge in [-0.1, -0.05) is 19.1 Å². The van der Waals surface area contributed by atoms with Crippen molar-refractivity contribution < 1.29 is 9.53 Å². The first-order valence-electron chi connectivity index (χ1n) is 8.52. The summed E-state index contributed by atoms with van der Waals surface area (Å²) in [6, 6.07) is 13.3. The Bertz CT molecular complexity index is 722. The molecule has 0 radical (unpaired) electrons. The van der Waals surface area contributed by atoms with Crippen LogP contribution in [0.5, 0.6) is 5.75 Å². The van der Waals surface area contributed by atoms with Crippen molar-refractivity contribution in [2.24, 2.45) is 0 Å². The monoisotopic (exact) mass is 413 g/mol. The number of benzene rings is 2. The maximum atomic E-state index is 12.4. The molecule has 0 bridgehead atoms. The molecule has 1 amide bonds. The Morgan fingerprint density at radius 1 is 1.15 bits per heavy atom. The molecule has 0 saturated heterocycles. The van der Waals surface area contributed by atoms with E-state index in [1.807, 2.05) is 24.3 Å². The third kappa shape index (κ3) is 6.94. The lowest BCUT2D eigenvalue weighted by Crippen LogP contribution is -2.29. The zero-order chi connectivity index (χ0) is 18.4. The summed E-state index contributed by atoms with van der Waals surface area (Å²) < 4.78 is 5.17. The summed E-state index contributed by atoms with van der Waals surface area (Å²) in [5.74, 6) is 0.455. The summed E-state index contributed by atoms with van der Waals surface area (Å²) in [6.07, 6.45) is 0. The molecular formula is C20H29Cl2N3O2. The molecule has 0 saturated carbocycles. The average molecular weight is 414 g/mol. The summed E-state index contributed by atoms with van der Waals surface area (Å²) in [4.78, 5) is 14.8. The van der Waals surface area contributed by atoms with E-state index in [2.05, 4.69) is 31.0 Å². The molecule has 2 aromatic carbocycles. The highest BCUT2D eigenvalue weighted by Crippen LogP contribution is 2.25. The van der Waals surface area contributed by atoms with Gasteiger partial charge in [0.15, 0.2) is 0 Å². The highest BCUT2D eigenvalue weighted by molar-refractivity contribution is 6.05. The zero-order valence-electron chi connectivity index (χ0n) is 16.2. The number of carbonyl (C=O) groups is 1. The Kier molecular flexibility index (Phi) is 10.9. The van der Waals surface area contributed by atoms with Crippen molar-refractivity contribution >= 4 is 42.1 Å². The highest BCUT2D eigenvalue weighted by atomic mass is 35.5. The summed E-state index contributed by atoms with van der Waals surface area (Å²) in [5, 5.41) is 2.84. The topological polar surface area (TPSA) is 67.6 Å². The maximum Gasteiger partial charge on any atom is 0.255 e. The summed E-state index contributed by atoms with van der Waals surface area (Å²) >= 11 is 0. The van der Waals surface area contributed by atoms with Crippen LogP contribution in [0.15, 0.2) is 42.5 Å². The molecule has 2 rings (SSSR count). The third-order valence-electron chi connectivity index (χ3n) is 4.25. The van der Waals surface area contributed by atoms with Crippen molar-refractivity contribution in [3.05, 3.63) is 53.6 Å². The van der Waals surface area contributed by atoms with Crippen molar-refractivity contribution in [3.63, 3.8) is 0 Å². The minimum absolute atomic E-state index is 0. The Balaban J connectivity index is 0.00000338. The van der Waals surface area contributed by atoms with Crippen LogP contribution in [-0.4, -0.2) is 30.5 Å². The van der Waals surface area contributed by atoms with Crippen LogP contribution in [0.3, 0.4) is 0 Å². The molecule has 0 aliphatic carbocycles. The van der Waals surface area contributed by atoms with Gasteiger partial charge in [0.25, 0.3) is 5.91 Å². The molecule has 0 aliphatic heterocycles. The van der Waals surface area contributed by atoms with Crippen LogP contribution < -0.4 is 15.8 Å². The lowest BCUT2D eigenvalue weighted by Gasteiger charge is -2.24. The van der Waals surface area contributed by atoms with Crippen LogP contribution in [0.4, 0.5) is 11.4 Å². The molecule has 27 heavy (non-hydrogen) atoms. The maximum absolute atomic E-state index is 12.4. The molecule has 0 heterocycles. The molecule has 0 fully saturated rings. The van der Waals surface area contributed by atoms with E-state index >= 15 is 0 Å². The van der Waals surface area contributed by atoms with E-state index in [9.17, 15) is 4.79 Å². The number of carbonyl (C=O) groups excluding carboxylic acids is 1. The number of hydrogen-bond donors (Lipinski definition) is 2. The minimum atomic E-state index is -0.192. The van der Waals surface area contributed by atoms with Gasteiger partial charge in [-0.3, -0.25) is 9.69 Å². The summed E-state index contributed by atoms with van der Waals surface area (Å²) in [7, 11) is 1.58. The van der Waals surface area contributed by atoms with Crippen LogP contribution in [0, 0.1) is 0 Å². The predicted octanol–water partition coefficient (Wildman–Crippen LogP) is 4.60. The third-order valence-corrected chi connectivity index (χ3v) is 4.25. The molecule has 150 valence electrons. The molecule has 3 N–H and O–H groups in total. The van der Waals surface area contributed by atoms with Gasteiger partial charge < -0.3 is 15.8 Å². The number of nitrogens with one attached hydrogen (secondary N) is 1. The van der Waals surface area contributed by atoms with Crippen molar-refractivity contribution in [2.75, 3.05) is 24.7 Å². The SMILES string of the molecule is CCN(Cc1ccc(C(=O)Nc2cc(OC)ccc2N)cc1)C(C)C.Cl.Cl. The van der Waals surface area contributed by atoms with Crippen LogP contribution >= 0.6 is 24.8 Å². The van der Waals surface area contributed by atoms with Gasteiger partial charge in [0.2, 0.25) is 0 Å². The van der Waals surface area contributed by atoms with Crippen molar-refractivity contribution in [1.82, 2.24) is 4.90 Å². The summed E-state index contributed by atoms with van der Waals surface area (Å²) in [5.41, 5.74) is 8.75. The van der Waals surface area contributed by atoms with Gasteiger partial charge in [-0.2, -0.15) is 0 Å². The number of nitrogens with zero attached hydrogens (tertiary/aromatic N) is 1. The van der Waals surface area contributed by atoms with Gasteiger partial charge in [-0.15, -0.1) is 24.8 Å². The standard InChI is InChI=1S/C20H27N3O2.2ClH/c1-5-23(14(2)3)13-15-6-8-16(9-7-15)20(24)22-19-12-17(25-4)10-11-18(19)21;;/h6-12,14H,5,13,21H2,1-4H3,(H,22,24);2*1H.